The van der Waals surface area contributed by atoms with E-state index in [0.717, 1.165) is 11.1 Å². The van der Waals surface area contributed by atoms with Crippen LogP contribution in [-0.2, 0) is 14.6 Å². The molecule has 0 saturated heterocycles. The third-order valence-electron chi connectivity index (χ3n) is 3.84. The Labute approximate surface area is 136 Å². The Morgan fingerprint density at radius 2 is 1.70 bits per heavy atom. The maximum absolute atomic E-state index is 13.0. The molecule has 0 saturated carbocycles. The number of benzene rings is 2. The Morgan fingerprint density at radius 3 is 2.30 bits per heavy atom. The molecule has 2 atom stereocenters. The van der Waals surface area contributed by atoms with Gasteiger partial charge >= 0.3 is 0 Å². The minimum atomic E-state index is -3.67. The van der Waals surface area contributed by atoms with Gasteiger partial charge in [0.2, 0.25) is 9.84 Å². The van der Waals surface area contributed by atoms with E-state index in [1.807, 2.05) is 37.3 Å². The summed E-state index contributed by atoms with van der Waals surface area (Å²) in [5, 5.41) is 9.36. The molecule has 1 aliphatic rings. The molecule has 0 unspecified atom stereocenters. The highest BCUT2D eigenvalue weighted by molar-refractivity contribution is 7.95. The van der Waals surface area contributed by atoms with Gasteiger partial charge in [-0.25, -0.2) is 8.42 Å². The Bertz CT molecular complexity index is 808. The number of hydrogen-bond acceptors (Lipinski definition) is 4. The summed E-state index contributed by atoms with van der Waals surface area (Å²) in [5.41, 5.74) is 1.75. The first-order valence-electron chi connectivity index (χ1n) is 7.37. The molecule has 0 aliphatic carbocycles. The fraction of sp³-hybridized carbons (Fsp3) is 0.222. The molecule has 3 rings (SSSR count). The van der Waals surface area contributed by atoms with Gasteiger partial charge in [0.05, 0.1) is 16.4 Å². The van der Waals surface area contributed by atoms with E-state index >= 15 is 0 Å². The van der Waals surface area contributed by atoms with Crippen LogP contribution < -0.4 is 0 Å². The van der Waals surface area contributed by atoms with Crippen molar-refractivity contribution in [1.29, 1.82) is 0 Å². The zero-order chi connectivity index (χ0) is 16.4. The Balaban J connectivity index is 2.05. The van der Waals surface area contributed by atoms with Crippen LogP contribution in [0.1, 0.15) is 17.2 Å². The van der Waals surface area contributed by atoms with Crippen molar-refractivity contribution in [1.82, 2.24) is 0 Å². The fourth-order valence-corrected chi connectivity index (χ4v) is 4.17. The van der Waals surface area contributed by atoms with Gasteiger partial charge in [-0.15, -0.1) is 0 Å². The van der Waals surface area contributed by atoms with Crippen LogP contribution in [0.25, 0.3) is 0 Å². The Hall–Kier alpha value is -1.95. The molecule has 23 heavy (non-hydrogen) atoms. The normalized spacial score (nSPS) is 21.2. The van der Waals surface area contributed by atoms with Crippen LogP contribution in [0.15, 0.2) is 70.5 Å². The summed E-state index contributed by atoms with van der Waals surface area (Å²) in [6, 6.07) is 15.9. The van der Waals surface area contributed by atoms with Crippen LogP contribution >= 0.6 is 0 Å². The standard InChI is InChI=1S/C18H18O4S/c1-13-7-9-16(10-8-13)23(20,21)17-11-15(12-19)22-18(17)14-5-3-2-4-6-14/h2-11,15,18-19H,12H2,1H3/t15-,18-/m0/s1. The number of aliphatic hydroxyl groups excluding tert-OH is 1. The predicted molar refractivity (Wildman–Crippen MR) is 87.6 cm³/mol. The average molecular weight is 330 g/mol. The van der Waals surface area contributed by atoms with Crippen LogP contribution in [0.5, 0.6) is 0 Å². The quantitative estimate of drug-likeness (QED) is 0.936. The highest BCUT2D eigenvalue weighted by atomic mass is 32.2. The van der Waals surface area contributed by atoms with Crippen molar-refractivity contribution in [3.8, 4) is 0 Å². The minimum absolute atomic E-state index is 0.187. The lowest BCUT2D eigenvalue weighted by atomic mass is 10.1. The first-order chi connectivity index (χ1) is 11.0. The van der Waals surface area contributed by atoms with Crippen LogP contribution in [0.2, 0.25) is 0 Å². The topological polar surface area (TPSA) is 63.6 Å². The van der Waals surface area contributed by atoms with Gasteiger partial charge in [0.1, 0.15) is 12.2 Å². The van der Waals surface area contributed by atoms with E-state index in [1.165, 1.54) is 6.08 Å². The average Bonchev–Trinajstić information content (AvgIpc) is 3.01. The molecule has 1 aliphatic heterocycles. The molecule has 0 bridgehead atoms. The first kappa shape index (κ1) is 15.9. The lowest BCUT2D eigenvalue weighted by Crippen LogP contribution is -2.14. The number of hydrogen-bond donors (Lipinski definition) is 1. The van der Waals surface area contributed by atoms with Crippen LogP contribution in [0.3, 0.4) is 0 Å². The van der Waals surface area contributed by atoms with Gasteiger partial charge in [-0.2, -0.15) is 0 Å². The summed E-state index contributed by atoms with van der Waals surface area (Å²) in [7, 11) is -3.67. The second kappa shape index (κ2) is 6.28. The van der Waals surface area contributed by atoms with Gasteiger partial charge in [-0.3, -0.25) is 0 Å². The van der Waals surface area contributed by atoms with Crippen molar-refractivity contribution < 1.29 is 18.3 Å². The molecule has 2 aromatic carbocycles. The number of aliphatic hydroxyl groups is 1. The maximum atomic E-state index is 13.0. The SMILES string of the molecule is Cc1ccc(S(=O)(=O)C2=C[C@@H](CO)O[C@H]2c2ccccc2)cc1. The molecule has 0 spiro atoms. The molecule has 0 fully saturated rings. The van der Waals surface area contributed by atoms with Gasteiger partial charge in [0, 0.05) is 0 Å². The molecule has 0 aromatic heterocycles. The summed E-state index contributed by atoms with van der Waals surface area (Å²) < 4.78 is 31.6. The summed E-state index contributed by atoms with van der Waals surface area (Å²) in [6.07, 6.45) is 0.197. The Morgan fingerprint density at radius 1 is 1.04 bits per heavy atom. The molecule has 4 nitrogen and oxygen atoms in total. The highest BCUT2D eigenvalue weighted by Gasteiger charge is 2.36. The van der Waals surface area contributed by atoms with E-state index < -0.39 is 22.0 Å². The number of sulfone groups is 1. The van der Waals surface area contributed by atoms with Crippen molar-refractivity contribution in [2.24, 2.45) is 0 Å². The molecule has 5 heteroatoms. The number of aryl methyl sites for hydroxylation is 1. The first-order valence-corrected chi connectivity index (χ1v) is 8.85. The van der Waals surface area contributed by atoms with E-state index in [-0.39, 0.29) is 16.4 Å². The van der Waals surface area contributed by atoms with E-state index in [0.29, 0.717) is 0 Å². The lowest BCUT2D eigenvalue weighted by Gasteiger charge is -2.17. The summed E-state index contributed by atoms with van der Waals surface area (Å²) >= 11 is 0. The second-order valence-corrected chi connectivity index (χ2v) is 7.48. The highest BCUT2D eigenvalue weighted by Crippen LogP contribution is 2.39. The fourth-order valence-electron chi connectivity index (χ4n) is 2.60. The van der Waals surface area contributed by atoms with E-state index in [1.54, 1.807) is 24.3 Å². The zero-order valence-electron chi connectivity index (χ0n) is 12.7. The molecular weight excluding hydrogens is 312 g/mol. The summed E-state index contributed by atoms with van der Waals surface area (Å²) in [5.74, 6) is 0. The molecule has 1 heterocycles. The van der Waals surface area contributed by atoms with Crippen LogP contribution in [0.4, 0.5) is 0 Å². The zero-order valence-corrected chi connectivity index (χ0v) is 13.5. The van der Waals surface area contributed by atoms with E-state index in [9.17, 15) is 13.5 Å². The summed E-state index contributed by atoms with van der Waals surface area (Å²) in [6.45, 7) is 1.65. The largest absolute Gasteiger partial charge is 0.393 e. The van der Waals surface area contributed by atoms with Crippen molar-refractivity contribution in [3.63, 3.8) is 0 Å². The van der Waals surface area contributed by atoms with E-state index in [4.69, 9.17) is 4.74 Å². The molecule has 120 valence electrons. The lowest BCUT2D eigenvalue weighted by molar-refractivity contribution is 0.0239. The van der Waals surface area contributed by atoms with Gasteiger partial charge in [-0.05, 0) is 30.7 Å². The van der Waals surface area contributed by atoms with Gasteiger partial charge in [-0.1, -0.05) is 48.0 Å². The molecule has 0 amide bonds. The van der Waals surface area contributed by atoms with Crippen molar-refractivity contribution >= 4 is 9.84 Å². The van der Waals surface area contributed by atoms with Crippen LogP contribution in [0, 0.1) is 6.92 Å². The van der Waals surface area contributed by atoms with Crippen molar-refractivity contribution in [3.05, 3.63) is 76.7 Å². The smallest absolute Gasteiger partial charge is 0.205 e. The summed E-state index contributed by atoms with van der Waals surface area (Å²) in [4.78, 5) is 0.420. The molecule has 0 radical (unpaired) electrons. The second-order valence-electron chi connectivity index (χ2n) is 5.53. The maximum Gasteiger partial charge on any atom is 0.205 e. The van der Waals surface area contributed by atoms with Crippen molar-refractivity contribution in [2.75, 3.05) is 6.61 Å². The van der Waals surface area contributed by atoms with Gasteiger partial charge in [0.25, 0.3) is 0 Å². The van der Waals surface area contributed by atoms with Gasteiger partial charge in [0.15, 0.2) is 0 Å². The van der Waals surface area contributed by atoms with Crippen LogP contribution in [-0.4, -0.2) is 26.2 Å². The predicted octanol–water partition coefficient (Wildman–Crippen LogP) is 2.79. The third kappa shape index (κ3) is 3.08. The number of rotatable bonds is 4. The van der Waals surface area contributed by atoms with E-state index in [2.05, 4.69) is 0 Å². The molecular formula is C18H18O4S. The number of ether oxygens (including phenoxy) is 1. The van der Waals surface area contributed by atoms with Gasteiger partial charge < -0.3 is 9.84 Å². The minimum Gasteiger partial charge on any atom is -0.393 e. The monoisotopic (exact) mass is 330 g/mol. The van der Waals surface area contributed by atoms with Crippen molar-refractivity contribution in [2.45, 2.75) is 24.0 Å². The third-order valence-corrected chi connectivity index (χ3v) is 5.71. The molecule has 2 aromatic rings. The Kier molecular flexibility index (Phi) is 4.35. The molecule has 1 N–H and O–H groups in total.